The minimum Gasteiger partial charge on any atom is -0.403 e. The van der Waals surface area contributed by atoms with Crippen molar-refractivity contribution in [3.63, 3.8) is 0 Å². The van der Waals surface area contributed by atoms with Crippen LogP contribution in [0.15, 0.2) is 12.3 Å². The molecule has 10 heavy (non-hydrogen) atoms. The molecule has 0 fully saturated rings. The van der Waals surface area contributed by atoms with Gasteiger partial charge in [-0.3, -0.25) is 0 Å². The van der Waals surface area contributed by atoms with Gasteiger partial charge >= 0.3 is 0 Å². The Balaban J connectivity index is -0.0000000787. The first-order chi connectivity index (χ1) is 4.46. The molecule has 0 bridgehead atoms. The molecule has 0 aliphatic heterocycles. The van der Waals surface area contributed by atoms with Crippen LogP contribution in [0.1, 0.15) is 34.6 Å². The summed E-state index contributed by atoms with van der Waals surface area (Å²) >= 11 is 0. The molecule has 0 rings (SSSR count). The van der Waals surface area contributed by atoms with Gasteiger partial charge in [-0.15, -0.1) is 0 Å². The third kappa shape index (κ3) is 446. The molecule has 0 atom stereocenters. The molecular formula is C8H20N2. The second kappa shape index (κ2) is 15.7. The van der Waals surface area contributed by atoms with Crippen molar-refractivity contribution < 1.29 is 0 Å². The predicted octanol–water partition coefficient (Wildman–Crippen LogP) is 2.55. The summed E-state index contributed by atoms with van der Waals surface area (Å²) in [6.07, 6.45) is 0. The molecule has 2 heteroatoms. The Morgan fingerprint density at radius 1 is 1.20 bits per heavy atom. The van der Waals surface area contributed by atoms with E-state index in [-0.39, 0.29) is 0 Å². The van der Waals surface area contributed by atoms with Gasteiger partial charge in [0.25, 0.3) is 0 Å². The average molecular weight is 144 g/mol. The number of hydrogen-bond donors (Lipinski definition) is 2. The molecule has 0 radical (unpaired) electrons. The van der Waals surface area contributed by atoms with Crippen LogP contribution in [-0.4, -0.2) is 5.71 Å². The van der Waals surface area contributed by atoms with E-state index in [1.165, 1.54) is 0 Å². The van der Waals surface area contributed by atoms with Gasteiger partial charge in [-0.2, -0.15) is 0 Å². The molecule has 0 unspecified atom stereocenters. The van der Waals surface area contributed by atoms with Crippen LogP contribution < -0.4 is 5.73 Å². The zero-order valence-corrected chi connectivity index (χ0v) is 7.78. The molecule has 62 valence electrons. The van der Waals surface area contributed by atoms with Gasteiger partial charge in [-0.25, -0.2) is 0 Å². The maximum Gasteiger partial charge on any atom is 0.00272 e. The van der Waals surface area contributed by atoms with Crippen molar-refractivity contribution in [3.05, 3.63) is 12.3 Å². The molecule has 0 spiro atoms. The van der Waals surface area contributed by atoms with Crippen LogP contribution in [0.4, 0.5) is 0 Å². The summed E-state index contributed by atoms with van der Waals surface area (Å²) in [5.74, 6) is 0. The number of allylic oxidation sites excluding steroid dienone is 1. The lowest BCUT2D eigenvalue weighted by Crippen LogP contribution is -1.83. The first-order valence-electron chi connectivity index (χ1n) is 3.39. The highest BCUT2D eigenvalue weighted by Crippen LogP contribution is 1.58. The van der Waals surface area contributed by atoms with Crippen molar-refractivity contribution in [1.29, 1.82) is 5.41 Å². The fraction of sp³-hybridized carbons (Fsp3) is 0.625. The Bertz CT molecular complexity index is 65.3. The maximum absolute atomic E-state index is 6.50. The van der Waals surface area contributed by atoms with Crippen molar-refractivity contribution >= 4 is 5.71 Å². The van der Waals surface area contributed by atoms with E-state index in [4.69, 9.17) is 11.1 Å². The van der Waals surface area contributed by atoms with E-state index in [1.54, 1.807) is 20.8 Å². The second-order valence-corrected chi connectivity index (χ2v) is 1.85. The highest BCUT2D eigenvalue weighted by atomic mass is 14.5. The number of hydrogen-bond acceptors (Lipinski definition) is 2. The SMILES string of the molecule is C=C(C)N.CC.CC(C)=N. The highest BCUT2D eigenvalue weighted by Gasteiger charge is 1.55. The zero-order valence-electron chi connectivity index (χ0n) is 7.78. The average Bonchev–Trinajstić information content (AvgIpc) is 1.66. The van der Waals surface area contributed by atoms with E-state index in [0.717, 1.165) is 0 Å². The van der Waals surface area contributed by atoms with Crippen molar-refractivity contribution in [2.75, 3.05) is 0 Å². The molecule has 0 aliphatic carbocycles. The minimum atomic E-state index is 0.667. The van der Waals surface area contributed by atoms with Gasteiger partial charge in [0, 0.05) is 5.71 Å². The number of rotatable bonds is 0. The molecule has 2 nitrogen and oxygen atoms in total. The summed E-state index contributed by atoms with van der Waals surface area (Å²) in [4.78, 5) is 0. The summed E-state index contributed by atoms with van der Waals surface area (Å²) in [6, 6.07) is 0. The first-order valence-corrected chi connectivity index (χ1v) is 3.39. The van der Waals surface area contributed by atoms with Crippen LogP contribution in [0.25, 0.3) is 0 Å². The van der Waals surface area contributed by atoms with Crippen LogP contribution in [0.3, 0.4) is 0 Å². The van der Waals surface area contributed by atoms with E-state index < -0.39 is 0 Å². The zero-order chi connectivity index (χ0) is 9.15. The summed E-state index contributed by atoms with van der Waals surface area (Å²) in [5, 5.41) is 6.50. The molecule has 0 heterocycles. The maximum atomic E-state index is 6.50. The monoisotopic (exact) mass is 144 g/mol. The van der Waals surface area contributed by atoms with Gasteiger partial charge in [0.2, 0.25) is 0 Å². The Labute approximate surface area is 64.6 Å². The lowest BCUT2D eigenvalue weighted by Gasteiger charge is -1.69. The Hall–Kier alpha value is -0.790. The third-order valence-corrected chi connectivity index (χ3v) is 0. The summed E-state index contributed by atoms with van der Waals surface area (Å²) in [7, 11) is 0. The van der Waals surface area contributed by atoms with Crippen molar-refractivity contribution in [2.24, 2.45) is 5.73 Å². The molecule has 0 saturated heterocycles. The van der Waals surface area contributed by atoms with Crippen LogP contribution in [0.2, 0.25) is 0 Å². The van der Waals surface area contributed by atoms with E-state index in [9.17, 15) is 0 Å². The standard InChI is InChI=1S/2C3H7N.C2H6/c2*1-3(2)4;1-2/h4H,1-2H3;1,4H2,2H3;1-2H3. The molecule has 0 aromatic rings. The Morgan fingerprint density at radius 2 is 1.20 bits per heavy atom. The lowest BCUT2D eigenvalue weighted by atomic mass is 10.5. The smallest absolute Gasteiger partial charge is 0.00272 e. The largest absolute Gasteiger partial charge is 0.403 e. The lowest BCUT2D eigenvalue weighted by molar-refractivity contribution is 1.34. The van der Waals surface area contributed by atoms with Crippen molar-refractivity contribution in [1.82, 2.24) is 0 Å². The van der Waals surface area contributed by atoms with Crippen LogP contribution in [-0.2, 0) is 0 Å². The first kappa shape index (κ1) is 16.1. The van der Waals surface area contributed by atoms with Gasteiger partial charge < -0.3 is 11.1 Å². The number of nitrogens with two attached hydrogens (primary N) is 1. The van der Waals surface area contributed by atoms with E-state index in [1.807, 2.05) is 13.8 Å². The molecule has 0 aliphatic rings. The van der Waals surface area contributed by atoms with E-state index in [0.29, 0.717) is 11.4 Å². The van der Waals surface area contributed by atoms with Crippen LogP contribution in [0.5, 0.6) is 0 Å². The van der Waals surface area contributed by atoms with Gasteiger partial charge in [0.1, 0.15) is 0 Å². The number of nitrogens with one attached hydrogen (secondary N) is 1. The van der Waals surface area contributed by atoms with Crippen molar-refractivity contribution in [3.8, 4) is 0 Å². The minimum absolute atomic E-state index is 0.667. The molecular weight excluding hydrogens is 124 g/mol. The van der Waals surface area contributed by atoms with Gasteiger partial charge in [0.15, 0.2) is 0 Å². The summed E-state index contributed by atoms with van der Waals surface area (Å²) in [6.45, 7) is 12.6. The topological polar surface area (TPSA) is 49.9 Å². The molecule has 0 amide bonds. The normalized spacial score (nSPS) is 5.70. The van der Waals surface area contributed by atoms with Crippen LogP contribution in [0, 0.1) is 5.41 Å². The molecule has 0 saturated carbocycles. The predicted molar refractivity (Wildman–Crippen MR) is 49.4 cm³/mol. The highest BCUT2D eigenvalue weighted by molar-refractivity contribution is 5.75. The van der Waals surface area contributed by atoms with E-state index >= 15 is 0 Å². The Morgan fingerprint density at radius 3 is 1.20 bits per heavy atom. The molecule has 0 aromatic heterocycles. The van der Waals surface area contributed by atoms with Crippen LogP contribution >= 0.6 is 0 Å². The fourth-order valence-electron chi connectivity index (χ4n) is 0. The molecule has 0 aromatic carbocycles. The molecule has 3 N–H and O–H groups in total. The quantitative estimate of drug-likeness (QED) is 0.504. The fourth-order valence-corrected chi connectivity index (χ4v) is 0. The van der Waals surface area contributed by atoms with Gasteiger partial charge in [-0.1, -0.05) is 20.4 Å². The Kier molecular flexibility index (Phi) is 25.3. The summed E-state index contributed by atoms with van der Waals surface area (Å²) < 4.78 is 0. The van der Waals surface area contributed by atoms with Gasteiger partial charge in [0.05, 0.1) is 0 Å². The summed E-state index contributed by atoms with van der Waals surface area (Å²) in [5.41, 5.74) is 6.25. The third-order valence-electron chi connectivity index (χ3n) is 0. The van der Waals surface area contributed by atoms with Crippen molar-refractivity contribution in [2.45, 2.75) is 34.6 Å². The van der Waals surface area contributed by atoms with E-state index in [2.05, 4.69) is 6.58 Å². The second-order valence-electron chi connectivity index (χ2n) is 1.85. The van der Waals surface area contributed by atoms with Gasteiger partial charge in [-0.05, 0) is 26.5 Å².